The van der Waals surface area contributed by atoms with E-state index in [-0.39, 0.29) is 36.6 Å². The molecule has 0 saturated carbocycles. The average molecular weight is 540 g/mol. The van der Waals surface area contributed by atoms with Crippen molar-refractivity contribution in [3.8, 4) is 5.75 Å². The van der Waals surface area contributed by atoms with Gasteiger partial charge in [-0.15, -0.1) is 0 Å². The summed E-state index contributed by atoms with van der Waals surface area (Å²) in [6.45, 7) is 9.08. The molecule has 1 atom stereocenters. The molecule has 2 heterocycles. The van der Waals surface area contributed by atoms with Crippen LogP contribution in [0, 0.1) is 27.7 Å². The number of hydrogen-bond donors (Lipinski definition) is 0. The number of nitrogens with zero attached hydrogens (tertiary/aromatic N) is 3. The molecular formula is C29H37N3O5S. The third-order valence-corrected chi connectivity index (χ3v) is 9.48. The smallest absolute Gasteiger partial charge is 0.249 e. The van der Waals surface area contributed by atoms with Crippen molar-refractivity contribution >= 4 is 15.9 Å². The van der Waals surface area contributed by atoms with Gasteiger partial charge in [0.1, 0.15) is 12.4 Å². The van der Waals surface area contributed by atoms with Crippen LogP contribution in [0.1, 0.15) is 39.6 Å². The third kappa shape index (κ3) is 5.50. The summed E-state index contributed by atoms with van der Waals surface area (Å²) in [6.07, 6.45) is 2.05. The first-order chi connectivity index (χ1) is 18.0. The van der Waals surface area contributed by atoms with Crippen molar-refractivity contribution in [1.29, 1.82) is 0 Å². The van der Waals surface area contributed by atoms with Crippen LogP contribution in [-0.4, -0.2) is 68.6 Å². The maximum Gasteiger partial charge on any atom is 0.249 e. The average Bonchev–Trinajstić information content (AvgIpc) is 3.35. The van der Waals surface area contributed by atoms with Gasteiger partial charge in [0, 0.05) is 38.6 Å². The summed E-state index contributed by atoms with van der Waals surface area (Å²) < 4.78 is 40.9. The van der Waals surface area contributed by atoms with Crippen molar-refractivity contribution in [2.45, 2.75) is 45.2 Å². The highest BCUT2D eigenvalue weighted by atomic mass is 32.2. The summed E-state index contributed by atoms with van der Waals surface area (Å²) >= 11 is 0. The van der Waals surface area contributed by atoms with Gasteiger partial charge >= 0.3 is 0 Å². The Morgan fingerprint density at radius 3 is 2.37 bits per heavy atom. The number of fused-ring (bicyclic) bond motifs is 1. The Balaban J connectivity index is 1.41. The van der Waals surface area contributed by atoms with Gasteiger partial charge in [0.25, 0.3) is 0 Å². The van der Waals surface area contributed by atoms with E-state index in [4.69, 9.17) is 9.47 Å². The Hall–Kier alpha value is -3.14. The van der Waals surface area contributed by atoms with E-state index in [0.717, 1.165) is 17.8 Å². The summed E-state index contributed by atoms with van der Waals surface area (Å²) in [4.78, 5) is 15.5. The lowest BCUT2D eigenvalue weighted by Gasteiger charge is -2.37. The molecular weight excluding hydrogens is 502 g/mol. The number of aromatic nitrogens is 1. The van der Waals surface area contributed by atoms with Gasteiger partial charge in [-0.3, -0.25) is 4.79 Å². The Labute approximate surface area is 225 Å². The molecule has 9 heteroatoms. The molecule has 3 aromatic rings. The SMILES string of the molecule is COc1cc(C)c(S(=O)(=O)N(C)CCOCC(=O)N2CCn3cccc3C2c2ccc(C)c(C)c2)c(C)c1. The fraction of sp³-hybridized carbons (Fsp3) is 0.414. The minimum Gasteiger partial charge on any atom is -0.497 e. The zero-order valence-corrected chi connectivity index (χ0v) is 23.8. The lowest BCUT2D eigenvalue weighted by molar-refractivity contribution is -0.138. The fourth-order valence-corrected chi connectivity index (χ4v) is 6.64. The Kier molecular flexibility index (Phi) is 8.30. The minimum absolute atomic E-state index is 0.105. The molecule has 1 unspecified atom stereocenters. The molecule has 0 fully saturated rings. The van der Waals surface area contributed by atoms with Crippen LogP contribution in [0.25, 0.3) is 0 Å². The normalized spacial score (nSPS) is 15.6. The highest BCUT2D eigenvalue weighted by Gasteiger charge is 2.32. The van der Waals surface area contributed by atoms with Gasteiger partial charge in [-0.1, -0.05) is 18.2 Å². The maximum atomic E-state index is 13.3. The number of likely N-dealkylation sites (N-methyl/N-ethyl adjacent to an activating group) is 1. The van der Waals surface area contributed by atoms with E-state index in [2.05, 4.69) is 42.7 Å². The van der Waals surface area contributed by atoms with Crippen LogP contribution >= 0.6 is 0 Å². The second-order valence-electron chi connectivity index (χ2n) is 9.93. The van der Waals surface area contributed by atoms with Gasteiger partial charge < -0.3 is 18.9 Å². The number of ether oxygens (including phenoxy) is 2. The summed E-state index contributed by atoms with van der Waals surface area (Å²) in [6, 6.07) is 13.6. The van der Waals surface area contributed by atoms with E-state index in [1.165, 1.54) is 22.5 Å². The molecule has 1 aliphatic rings. The van der Waals surface area contributed by atoms with E-state index in [0.29, 0.717) is 23.4 Å². The quantitative estimate of drug-likeness (QED) is 0.384. The van der Waals surface area contributed by atoms with Gasteiger partial charge in [-0.2, -0.15) is 4.31 Å². The van der Waals surface area contributed by atoms with Crippen LogP contribution in [0.3, 0.4) is 0 Å². The van der Waals surface area contributed by atoms with E-state index in [9.17, 15) is 13.2 Å². The van der Waals surface area contributed by atoms with Crippen molar-refractivity contribution < 1.29 is 22.7 Å². The summed E-state index contributed by atoms with van der Waals surface area (Å²) in [5.74, 6) is 0.501. The van der Waals surface area contributed by atoms with Crippen LogP contribution in [0.15, 0.2) is 53.6 Å². The molecule has 0 N–H and O–H groups in total. The van der Waals surface area contributed by atoms with Crippen LogP contribution in [0.2, 0.25) is 0 Å². The monoisotopic (exact) mass is 539 g/mol. The molecule has 1 aromatic heterocycles. The van der Waals surface area contributed by atoms with Crippen LogP contribution in [-0.2, 0) is 26.1 Å². The van der Waals surface area contributed by atoms with Crippen LogP contribution in [0.5, 0.6) is 5.75 Å². The van der Waals surface area contributed by atoms with Gasteiger partial charge in [0.05, 0.1) is 24.7 Å². The highest BCUT2D eigenvalue weighted by molar-refractivity contribution is 7.89. The second-order valence-corrected chi connectivity index (χ2v) is 11.9. The number of benzene rings is 2. The molecule has 4 rings (SSSR count). The lowest BCUT2D eigenvalue weighted by Crippen LogP contribution is -2.44. The molecule has 204 valence electrons. The number of carbonyl (C=O) groups is 1. The first-order valence-corrected chi connectivity index (χ1v) is 14.2. The minimum atomic E-state index is -3.73. The molecule has 0 aliphatic carbocycles. The topological polar surface area (TPSA) is 81.1 Å². The van der Waals surface area contributed by atoms with Crippen molar-refractivity contribution in [1.82, 2.24) is 13.8 Å². The largest absolute Gasteiger partial charge is 0.497 e. The van der Waals surface area contributed by atoms with Crippen molar-refractivity contribution in [2.24, 2.45) is 0 Å². The van der Waals surface area contributed by atoms with Gasteiger partial charge in [-0.05, 0) is 79.8 Å². The predicted molar refractivity (Wildman–Crippen MR) is 147 cm³/mol. The standard InChI is InChI=1S/C29H37N3O5S/c1-20-9-10-24(16-21(20)2)28-26-8-7-11-31(26)12-13-32(28)27(33)19-37-15-14-30(5)38(34,35)29-22(3)17-25(36-6)18-23(29)4/h7-11,16-18,28H,12-15,19H2,1-6H3. The number of sulfonamides is 1. The first-order valence-electron chi connectivity index (χ1n) is 12.8. The number of hydrogen-bond acceptors (Lipinski definition) is 5. The third-order valence-electron chi connectivity index (χ3n) is 7.32. The zero-order valence-electron chi connectivity index (χ0n) is 23.0. The maximum absolute atomic E-state index is 13.3. The molecule has 1 aliphatic heterocycles. The van der Waals surface area contributed by atoms with E-state index < -0.39 is 10.0 Å². The van der Waals surface area contributed by atoms with Crippen LogP contribution in [0.4, 0.5) is 0 Å². The molecule has 0 bridgehead atoms. The number of methoxy groups -OCH3 is 1. The summed E-state index contributed by atoms with van der Waals surface area (Å²) in [7, 11) is -0.646. The Morgan fingerprint density at radius 2 is 1.71 bits per heavy atom. The van der Waals surface area contributed by atoms with E-state index >= 15 is 0 Å². The zero-order chi connectivity index (χ0) is 27.6. The van der Waals surface area contributed by atoms with Gasteiger partial charge in [-0.25, -0.2) is 8.42 Å². The highest BCUT2D eigenvalue weighted by Crippen LogP contribution is 2.33. The summed E-state index contributed by atoms with van der Waals surface area (Å²) in [5.41, 5.74) is 5.77. The predicted octanol–water partition coefficient (Wildman–Crippen LogP) is 4.00. The molecule has 0 radical (unpaired) electrons. The molecule has 2 aromatic carbocycles. The lowest BCUT2D eigenvalue weighted by atomic mass is 9.96. The molecule has 1 amide bonds. The van der Waals surface area contributed by atoms with Gasteiger partial charge in [0.15, 0.2) is 0 Å². The number of aryl methyl sites for hydroxylation is 4. The van der Waals surface area contributed by atoms with Crippen molar-refractivity contribution in [2.75, 3.05) is 40.5 Å². The second kappa shape index (κ2) is 11.3. The number of carbonyl (C=O) groups excluding carboxylic acids is 1. The van der Waals surface area contributed by atoms with Crippen molar-refractivity contribution in [3.05, 3.63) is 82.2 Å². The van der Waals surface area contributed by atoms with E-state index in [1.54, 1.807) is 33.1 Å². The molecule has 8 nitrogen and oxygen atoms in total. The van der Waals surface area contributed by atoms with Crippen molar-refractivity contribution in [3.63, 3.8) is 0 Å². The van der Waals surface area contributed by atoms with E-state index in [1.807, 2.05) is 17.2 Å². The molecule has 0 saturated heterocycles. The first kappa shape index (κ1) is 27.9. The fourth-order valence-electron chi connectivity index (χ4n) is 5.08. The number of rotatable bonds is 9. The van der Waals surface area contributed by atoms with Crippen LogP contribution < -0.4 is 4.74 Å². The molecule has 0 spiro atoms. The van der Waals surface area contributed by atoms with Gasteiger partial charge in [0.2, 0.25) is 15.9 Å². The Bertz CT molecular complexity index is 1410. The Morgan fingerprint density at radius 1 is 1.00 bits per heavy atom. The molecule has 38 heavy (non-hydrogen) atoms. The number of amides is 1. The summed E-state index contributed by atoms with van der Waals surface area (Å²) in [5, 5.41) is 0.